The van der Waals surface area contributed by atoms with E-state index in [1.165, 1.54) is 0 Å². The molecule has 1 aromatic rings. The summed E-state index contributed by atoms with van der Waals surface area (Å²) in [6.07, 6.45) is 0. The van der Waals surface area contributed by atoms with Crippen molar-refractivity contribution in [1.29, 1.82) is 0 Å². The maximum Gasteiger partial charge on any atom is 0.253 e. The number of nitrogens with zero attached hydrogens (tertiary/aromatic N) is 2. The van der Waals surface area contributed by atoms with Crippen LogP contribution < -0.4 is 5.32 Å². The lowest BCUT2D eigenvalue weighted by Gasteiger charge is -2.08. The Bertz CT molecular complexity index is 366. The molecule has 4 nitrogen and oxygen atoms in total. The largest absolute Gasteiger partial charge is 0.351 e. The molecule has 0 spiro atoms. The Morgan fingerprint density at radius 3 is 2.80 bits per heavy atom. The summed E-state index contributed by atoms with van der Waals surface area (Å²) in [5.41, 5.74) is 1.99. The second-order valence-electron chi connectivity index (χ2n) is 3.48. The van der Waals surface area contributed by atoms with Crippen molar-refractivity contribution >= 4 is 21.8 Å². The zero-order chi connectivity index (χ0) is 11.4. The summed E-state index contributed by atoms with van der Waals surface area (Å²) >= 11 is 3.37. The molecular formula is C10H14BrN3O. The lowest BCUT2D eigenvalue weighted by Crippen LogP contribution is -2.29. The van der Waals surface area contributed by atoms with E-state index in [0.717, 1.165) is 5.69 Å². The normalized spacial score (nSPS) is 12.3. The number of aromatic nitrogens is 2. The molecule has 5 heteroatoms. The summed E-state index contributed by atoms with van der Waals surface area (Å²) in [6.45, 7) is 6.16. The van der Waals surface area contributed by atoms with Crippen LogP contribution >= 0.6 is 15.9 Å². The number of rotatable bonds is 3. The predicted octanol–water partition coefficient (Wildman–Crippen LogP) is 1.61. The van der Waals surface area contributed by atoms with E-state index in [4.69, 9.17) is 0 Å². The van der Waals surface area contributed by atoms with E-state index >= 15 is 0 Å². The summed E-state index contributed by atoms with van der Waals surface area (Å²) < 4.78 is 0. The van der Waals surface area contributed by atoms with E-state index < -0.39 is 0 Å². The van der Waals surface area contributed by atoms with Crippen molar-refractivity contribution in [2.45, 2.75) is 25.6 Å². The van der Waals surface area contributed by atoms with Crippen LogP contribution in [0.15, 0.2) is 6.07 Å². The Balaban J connectivity index is 2.77. The van der Waals surface area contributed by atoms with Crippen LogP contribution in [0.1, 0.15) is 28.7 Å². The molecular weight excluding hydrogens is 258 g/mol. The Hall–Kier alpha value is -0.970. The van der Waals surface area contributed by atoms with Gasteiger partial charge in [-0.2, -0.15) is 10.2 Å². The van der Waals surface area contributed by atoms with Crippen molar-refractivity contribution in [2.75, 3.05) is 6.54 Å². The van der Waals surface area contributed by atoms with Crippen LogP contribution in [0.3, 0.4) is 0 Å². The quantitative estimate of drug-likeness (QED) is 0.850. The van der Waals surface area contributed by atoms with Crippen LogP contribution in [0.4, 0.5) is 0 Å². The fourth-order valence-electron chi connectivity index (χ4n) is 1.11. The molecule has 1 atom stereocenters. The van der Waals surface area contributed by atoms with Crippen molar-refractivity contribution in [1.82, 2.24) is 15.5 Å². The number of aryl methyl sites for hydroxylation is 2. The standard InChI is InChI=1S/C10H14BrN3O/c1-6(11)5-12-10(15)9-4-7(2)13-14-8(9)3/h4,6H,5H2,1-3H3,(H,12,15). The zero-order valence-corrected chi connectivity index (χ0v) is 10.6. The maximum atomic E-state index is 11.7. The summed E-state index contributed by atoms with van der Waals surface area (Å²) in [5.74, 6) is -0.100. The fourth-order valence-corrected chi connectivity index (χ4v) is 1.27. The zero-order valence-electron chi connectivity index (χ0n) is 9.04. The highest BCUT2D eigenvalue weighted by molar-refractivity contribution is 9.09. The molecule has 1 unspecified atom stereocenters. The number of nitrogens with one attached hydrogen (secondary N) is 1. The summed E-state index contributed by atoms with van der Waals surface area (Å²) in [6, 6.07) is 1.75. The number of amides is 1. The smallest absolute Gasteiger partial charge is 0.253 e. The summed E-state index contributed by atoms with van der Waals surface area (Å²) in [4.78, 5) is 12.0. The van der Waals surface area contributed by atoms with Gasteiger partial charge < -0.3 is 5.32 Å². The van der Waals surface area contributed by atoms with Gasteiger partial charge >= 0.3 is 0 Å². The highest BCUT2D eigenvalue weighted by atomic mass is 79.9. The molecule has 1 aromatic heterocycles. The number of hydrogen-bond acceptors (Lipinski definition) is 3. The molecule has 82 valence electrons. The first-order valence-electron chi connectivity index (χ1n) is 4.74. The number of hydrogen-bond donors (Lipinski definition) is 1. The summed E-state index contributed by atoms with van der Waals surface area (Å²) in [5, 5.41) is 10.6. The molecule has 0 bridgehead atoms. The van der Waals surface area contributed by atoms with Gasteiger partial charge in [-0.3, -0.25) is 4.79 Å². The first kappa shape index (κ1) is 12.1. The van der Waals surface area contributed by atoms with E-state index in [0.29, 0.717) is 17.8 Å². The Kier molecular flexibility index (Phi) is 4.20. The number of halogens is 1. The maximum absolute atomic E-state index is 11.7. The van der Waals surface area contributed by atoms with Gasteiger partial charge in [0.15, 0.2) is 0 Å². The van der Waals surface area contributed by atoms with Crippen molar-refractivity contribution in [3.8, 4) is 0 Å². The Labute approximate surface area is 97.6 Å². The van der Waals surface area contributed by atoms with Crippen LogP contribution in [0.25, 0.3) is 0 Å². The van der Waals surface area contributed by atoms with E-state index in [1.54, 1.807) is 13.0 Å². The van der Waals surface area contributed by atoms with Crippen molar-refractivity contribution in [3.05, 3.63) is 23.0 Å². The molecule has 0 saturated carbocycles. The average Bonchev–Trinajstić information content (AvgIpc) is 2.18. The SMILES string of the molecule is Cc1cc(C(=O)NCC(C)Br)c(C)nn1. The van der Waals surface area contributed by atoms with Gasteiger partial charge in [0.05, 0.1) is 17.0 Å². The number of carbonyl (C=O) groups excluding carboxylic acids is 1. The molecule has 1 N–H and O–H groups in total. The third-order valence-electron chi connectivity index (χ3n) is 1.89. The van der Waals surface area contributed by atoms with E-state index in [1.807, 2.05) is 13.8 Å². The molecule has 0 radical (unpaired) electrons. The second kappa shape index (κ2) is 5.21. The van der Waals surface area contributed by atoms with Crippen LogP contribution in [0.2, 0.25) is 0 Å². The van der Waals surface area contributed by atoms with Crippen molar-refractivity contribution in [2.24, 2.45) is 0 Å². The van der Waals surface area contributed by atoms with Gasteiger partial charge in [0.1, 0.15) is 0 Å². The Morgan fingerprint density at radius 2 is 2.20 bits per heavy atom. The van der Waals surface area contributed by atoms with Gasteiger partial charge in [-0.25, -0.2) is 0 Å². The third kappa shape index (κ3) is 3.58. The average molecular weight is 272 g/mol. The minimum absolute atomic E-state index is 0.100. The second-order valence-corrected chi connectivity index (χ2v) is 5.04. The molecule has 1 heterocycles. The van der Waals surface area contributed by atoms with E-state index in [-0.39, 0.29) is 10.7 Å². The predicted molar refractivity (Wildman–Crippen MR) is 62.2 cm³/mol. The van der Waals surface area contributed by atoms with Gasteiger partial charge in [-0.1, -0.05) is 22.9 Å². The minimum atomic E-state index is -0.100. The fraction of sp³-hybridized carbons (Fsp3) is 0.500. The number of alkyl halides is 1. The molecule has 1 amide bonds. The first-order chi connectivity index (χ1) is 7.00. The van der Waals surface area contributed by atoms with E-state index in [2.05, 4.69) is 31.4 Å². The lowest BCUT2D eigenvalue weighted by molar-refractivity contribution is 0.0953. The van der Waals surface area contributed by atoms with Crippen molar-refractivity contribution in [3.63, 3.8) is 0 Å². The van der Waals surface area contributed by atoms with Crippen LogP contribution in [0.5, 0.6) is 0 Å². The highest BCUT2D eigenvalue weighted by Crippen LogP contribution is 2.05. The molecule has 0 aromatic carbocycles. The Morgan fingerprint density at radius 1 is 1.53 bits per heavy atom. The van der Waals surface area contributed by atoms with Gasteiger partial charge in [0, 0.05) is 11.4 Å². The van der Waals surface area contributed by atoms with Crippen molar-refractivity contribution < 1.29 is 4.79 Å². The first-order valence-corrected chi connectivity index (χ1v) is 5.65. The van der Waals surface area contributed by atoms with Gasteiger partial charge in [-0.15, -0.1) is 0 Å². The van der Waals surface area contributed by atoms with Crippen LogP contribution in [0, 0.1) is 13.8 Å². The topological polar surface area (TPSA) is 54.9 Å². The molecule has 0 aliphatic carbocycles. The minimum Gasteiger partial charge on any atom is -0.351 e. The van der Waals surface area contributed by atoms with Gasteiger partial charge in [0.25, 0.3) is 5.91 Å². The molecule has 0 aliphatic heterocycles. The van der Waals surface area contributed by atoms with E-state index in [9.17, 15) is 4.79 Å². The third-order valence-corrected chi connectivity index (χ3v) is 2.21. The van der Waals surface area contributed by atoms with Crippen LogP contribution in [-0.2, 0) is 0 Å². The highest BCUT2D eigenvalue weighted by Gasteiger charge is 2.10. The monoisotopic (exact) mass is 271 g/mol. The van der Waals surface area contributed by atoms with Gasteiger partial charge in [-0.05, 0) is 19.9 Å². The van der Waals surface area contributed by atoms with Crippen LogP contribution in [-0.4, -0.2) is 27.5 Å². The molecule has 0 fully saturated rings. The lowest BCUT2D eigenvalue weighted by atomic mass is 10.2. The molecule has 1 rings (SSSR count). The molecule has 0 aliphatic rings. The molecule has 0 saturated heterocycles. The summed E-state index contributed by atoms with van der Waals surface area (Å²) in [7, 11) is 0. The molecule has 15 heavy (non-hydrogen) atoms. The van der Waals surface area contributed by atoms with Gasteiger partial charge in [0.2, 0.25) is 0 Å². The number of carbonyl (C=O) groups is 1.